The van der Waals surface area contributed by atoms with Gasteiger partial charge in [0.15, 0.2) is 0 Å². The summed E-state index contributed by atoms with van der Waals surface area (Å²) in [7, 11) is -0.614. The fraction of sp³-hybridized carbons (Fsp3) is 0.581. The van der Waals surface area contributed by atoms with Gasteiger partial charge in [-0.25, -0.2) is 19.6 Å². The highest BCUT2D eigenvalue weighted by Crippen LogP contribution is 2.31. The summed E-state index contributed by atoms with van der Waals surface area (Å²) in [6, 6.07) is 6.08. The van der Waals surface area contributed by atoms with Crippen molar-refractivity contribution in [3.05, 3.63) is 36.9 Å². The third-order valence-corrected chi connectivity index (χ3v) is 11.3. The van der Waals surface area contributed by atoms with Crippen LogP contribution in [-0.4, -0.2) is 89.9 Å². The van der Waals surface area contributed by atoms with E-state index in [1.807, 2.05) is 35.4 Å². The van der Waals surface area contributed by atoms with Gasteiger partial charge in [-0.15, -0.1) is 0 Å². The molecule has 0 spiro atoms. The minimum atomic E-state index is -1.25. The van der Waals surface area contributed by atoms with Crippen molar-refractivity contribution in [1.82, 2.24) is 34.3 Å². The van der Waals surface area contributed by atoms with Crippen molar-refractivity contribution in [2.45, 2.75) is 83.8 Å². The minimum Gasteiger partial charge on any atom is -0.381 e. The molecule has 0 aliphatic carbocycles. The molecule has 13 heteroatoms. The Kier molecular flexibility index (Phi) is 10.3. The Morgan fingerprint density at radius 3 is 2.23 bits per heavy atom. The summed E-state index contributed by atoms with van der Waals surface area (Å²) >= 11 is 0. The number of imidazole rings is 1. The molecule has 0 unspecified atom stereocenters. The van der Waals surface area contributed by atoms with Crippen LogP contribution >= 0.6 is 0 Å². The number of piperidine rings is 1. The van der Waals surface area contributed by atoms with Gasteiger partial charge in [-0.1, -0.05) is 39.3 Å². The van der Waals surface area contributed by atoms with Crippen LogP contribution in [0.25, 0.3) is 33.8 Å². The van der Waals surface area contributed by atoms with Gasteiger partial charge < -0.3 is 19.1 Å². The topological polar surface area (TPSA) is 105 Å². The van der Waals surface area contributed by atoms with E-state index in [0.717, 1.165) is 78.4 Å². The zero-order valence-corrected chi connectivity index (χ0v) is 29.4. The van der Waals surface area contributed by atoms with Crippen molar-refractivity contribution in [3.63, 3.8) is 0 Å². The first-order valence-corrected chi connectivity index (χ1v) is 23.1. The second-order valence-electron chi connectivity index (χ2n) is 14.0. The first-order chi connectivity index (χ1) is 21.0. The molecule has 4 aromatic heterocycles. The van der Waals surface area contributed by atoms with Gasteiger partial charge in [-0.2, -0.15) is 5.10 Å². The van der Waals surface area contributed by atoms with Gasteiger partial charge in [0.1, 0.15) is 25.0 Å². The number of nitrogens with zero attached hydrogens (tertiary/aromatic N) is 8. The standard InChI is InChI=1S/C31H48N8O3Si2/c1-40-25-10-14-37(15-11-25)31-33-13-8-26(36-31)28-29-27(9-12-32-28)35-30(39(29)23-42-17-19-44(5,6)7)24-20-34-38(21-24)22-41-16-18-43(2,3)4/h8-9,12-13,20-21,25H,10-11,14-19,22-23H2,1-7H3. The zero-order chi connectivity index (χ0) is 31.3. The average molecular weight is 637 g/mol. The number of hydrogen-bond donors (Lipinski definition) is 0. The van der Waals surface area contributed by atoms with Gasteiger partial charge in [0.2, 0.25) is 5.95 Å². The van der Waals surface area contributed by atoms with Crippen LogP contribution in [0.1, 0.15) is 12.8 Å². The Balaban J connectivity index is 1.46. The van der Waals surface area contributed by atoms with Gasteiger partial charge in [0, 0.05) is 68.2 Å². The lowest BCUT2D eigenvalue weighted by Crippen LogP contribution is -2.37. The van der Waals surface area contributed by atoms with Crippen LogP contribution in [0, 0.1) is 0 Å². The summed E-state index contributed by atoms with van der Waals surface area (Å²) in [5.74, 6) is 1.50. The van der Waals surface area contributed by atoms with Crippen molar-refractivity contribution in [2.24, 2.45) is 0 Å². The molecule has 1 aliphatic heterocycles. The van der Waals surface area contributed by atoms with Crippen molar-refractivity contribution in [2.75, 3.05) is 38.3 Å². The quantitative estimate of drug-likeness (QED) is 0.122. The first kappa shape index (κ1) is 32.4. The van der Waals surface area contributed by atoms with Crippen molar-refractivity contribution < 1.29 is 14.2 Å². The number of methoxy groups -OCH3 is 1. The fourth-order valence-corrected chi connectivity index (χ4v) is 6.67. The Morgan fingerprint density at radius 2 is 1.55 bits per heavy atom. The lowest BCUT2D eigenvalue weighted by atomic mass is 10.1. The van der Waals surface area contributed by atoms with E-state index in [1.165, 1.54) is 0 Å². The van der Waals surface area contributed by atoms with Crippen LogP contribution in [0.5, 0.6) is 0 Å². The summed E-state index contributed by atoms with van der Waals surface area (Å²) in [6.45, 7) is 18.1. The molecule has 4 aromatic rings. The van der Waals surface area contributed by atoms with Gasteiger partial charge in [-0.05, 0) is 37.1 Å². The van der Waals surface area contributed by atoms with Crippen LogP contribution in [0.3, 0.4) is 0 Å². The number of fused-ring (bicyclic) bond motifs is 1. The van der Waals surface area contributed by atoms with E-state index in [2.05, 4.69) is 58.8 Å². The van der Waals surface area contributed by atoms with Gasteiger partial charge in [-0.3, -0.25) is 9.55 Å². The molecule has 11 nitrogen and oxygen atoms in total. The number of ether oxygens (including phenoxy) is 3. The second kappa shape index (κ2) is 14.0. The molecule has 0 radical (unpaired) electrons. The molecule has 44 heavy (non-hydrogen) atoms. The maximum Gasteiger partial charge on any atom is 0.225 e. The monoisotopic (exact) mass is 636 g/mol. The first-order valence-electron chi connectivity index (χ1n) is 15.7. The normalized spacial score (nSPS) is 15.0. The molecule has 0 N–H and O–H groups in total. The summed E-state index contributed by atoms with van der Waals surface area (Å²) in [4.78, 5) is 21.7. The Bertz CT molecular complexity index is 1520. The lowest BCUT2D eigenvalue weighted by Gasteiger charge is -2.31. The number of pyridine rings is 1. The van der Waals surface area contributed by atoms with Crippen LogP contribution in [0.15, 0.2) is 36.9 Å². The van der Waals surface area contributed by atoms with Crippen molar-refractivity contribution in [3.8, 4) is 22.8 Å². The molecule has 5 rings (SSSR count). The summed E-state index contributed by atoms with van der Waals surface area (Å²) < 4.78 is 21.8. The van der Waals surface area contributed by atoms with E-state index in [0.29, 0.717) is 32.1 Å². The summed E-state index contributed by atoms with van der Waals surface area (Å²) in [5.41, 5.74) is 4.14. The van der Waals surface area contributed by atoms with Crippen LogP contribution in [0.4, 0.5) is 5.95 Å². The average Bonchev–Trinajstić information content (AvgIpc) is 3.61. The fourth-order valence-electron chi connectivity index (χ4n) is 5.16. The molecular formula is C31H48N8O3Si2. The number of anilines is 1. The third-order valence-electron chi connectivity index (χ3n) is 7.93. The summed E-state index contributed by atoms with van der Waals surface area (Å²) in [5, 5.41) is 4.59. The predicted molar refractivity (Wildman–Crippen MR) is 180 cm³/mol. The summed E-state index contributed by atoms with van der Waals surface area (Å²) in [6.07, 6.45) is 9.67. The molecule has 5 heterocycles. The maximum atomic E-state index is 6.30. The smallest absolute Gasteiger partial charge is 0.225 e. The minimum absolute atomic E-state index is 0.291. The molecule has 0 saturated carbocycles. The van der Waals surface area contributed by atoms with Crippen molar-refractivity contribution in [1.29, 1.82) is 0 Å². The van der Waals surface area contributed by atoms with E-state index in [-0.39, 0.29) is 0 Å². The number of rotatable bonds is 14. The van der Waals surface area contributed by atoms with Crippen LogP contribution < -0.4 is 4.90 Å². The molecule has 0 bridgehead atoms. The van der Waals surface area contributed by atoms with Crippen LogP contribution in [-0.2, 0) is 27.7 Å². The largest absolute Gasteiger partial charge is 0.381 e. The zero-order valence-electron chi connectivity index (χ0n) is 27.4. The van der Waals surface area contributed by atoms with Gasteiger partial charge in [0.25, 0.3) is 0 Å². The van der Waals surface area contributed by atoms with E-state index in [9.17, 15) is 0 Å². The molecule has 0 amide bonds. The van der Waals surface area contributed by atoms with E-state index in [4.69, 9.17) is 29.2 Å². The Hall–Kier alpha value is -2.98. The SMILES string of the molecule is COC1CCN(c2nccc(-c3nccc4nc(-c5cnn(COCC[Si](C)(C)C)c5)n(COCC[Si](C)(C)C)c34)n2)CC1. The molecule has 1 fully saturated rings. The molecule has 1 aliphatic rings. The predicted octanol–water partition coefficient (Wildman–Crippen LogP) is 5.99. The Labute approximate surface area is 263 Å². The number of hydrogen-bond acceptors (Lipinski definition) is 9. The molecular weight excluding hydrogens is 589 g/mol. The molecule has 0 aromatic carbocycles. The van der Waals surface area contributed by atoms with Crippen molar-refractivity contribution >= 4 is 33.1 Å². The van der Waals surface area contributed by atoms with Gasteiger partial charge in [0.05, 0.1) is 34.6 Å². The molecule has 1 saturated heterocycles. The number of aromatic nitrogens is 7. The molecule has 0 atom stereocenters. The Morgan fingerprint density at radius 1 is 0.864 bits per heavy atom. The third kappa shape index (κ3) is 8.39. The highest BCUT2D eigenvalue weighted by molar-refractivity contribution is 6.76. The van der Waals surface area contributed by atoms with E-state index < -0.39 is 16.1 Å². The molecule has 238 valence electrons. The maximum absolute atomic E-state index is 6.30. The lowest BCUT2D eigenvalue weighted by molar-refractivity contribution is 0.0786. The highest BCUT2D eigenvalue weighted by atomic mass is 28.3. The second-order valence-corrected chi connectivity index (χ2v) is 25.3. The van der Waals surface area contributed by atoms with Crippen LogP contribution in [0.2, 0.25) is 51.4 Å². The highest BCUT2D eigenvalue weighted by Gasteiger charge is 2.23. The van der Waals surface area contributed by atoms with Gasteiger partial charge >= 0.3 is 0 Å². The van der Waals surface area contributed by atoms with E-state index in [1.54, 1.807) is 13.3 Å². The van der Waals surface area contributed by atoms with E-state index >= 15 is 0 Å².